The number of nitrogens with zero attached hydrogens (tertiary/aromatic N) is 9. The highest BCUT2D eigenvalue weighted by Crippen LogP contribution is 2.47. The number of hydrogen-bond acceptors (Lipinski definition) is 26. The number of ketones is 2. The topological polar surface area (TPSA) is 463 Å². The largest absolute Gasteiger partial charge is 0.493 e. The highest BCUT2D eigenvalue weighted by Gasteiger charge is 2.37. The summed E-state index contributed by atoms with van der Waals surface area (Å²) in [7, 11) is 5.37. The molecule has 1 aliphatic heterocycles. The van der Waals surface area contributed by atoms with Crippen molar-refractivity contribution in [2.75, 3.05) is 102 Å². The van der Waals surface area contributed by atoms with E-state index in [2.05, 4.69) is 46.4 Å². The molecule has 0 spiro atoms. The minimum atomic E-state index is -4.06. The van der Waals surface area contributed by atoms with Gasteiger partial charge >= 0.3 is 6.09 Å². The number of aromatic amines is 1. The first kappa shape index (κ1) is 78.6. The monoisotopic (exact) mass is 1480 g/mol. The number of nitrogens with two attached hydrogens (primary N) is 3. The van der Waals surface area contributed by atoms with Gasteiger partial charge in [0.2, 0.25) is 27.2 Å². The van der Waals surface area contributed by atoms with Crippen molar-refractivity contribution in [2.45, 2.75) is 93.3 Å². The fourth-order valence-electron chi connectivity index (χ4n) is 10.6. The lowest BCUT2D eigenvalue weighted by Gasteiger charge is -2.24. The summed E-state index contributed by atoms with van der Waals surface area (Å²) in [6.07, 6.45) is 2.05. The third-order valence-electron chi connectivity index (χ3n) is 15.6. The zero-order valence-electron chi connectivity index (χ0n) is 55.3. The van der Waals surface area contributed by atoms with E-state index < -0.39 is 87.7 Å². The second-order valence-electron chi connectivity index (χ2n) is 23.4. The van der Waals surface area contributed by atoms with Crippen LogP contribution in [-0.4, -0.2) is 218 Å². The number of methoxy groups -OCH3 is 1. The van der Waals surface area contributed by atoms with E-state index >= 15 is 0 Å². The predicted molar refractivity (Wildman–Crippen MR) is 375 cm³/mol. The van der Waals surface area contributed by atoms with Crippen molar-refractivity contribution >= 4 is 147 Å². The molecule has 100 heavy (non-hydrogen) atoms. The molecule has 0 saturated heterocycles. The summed E-state index contributed by atoms with van der Waals surface area (Å²) in [5.41, 5.74) is 14.1. The molecule has 3 aromatic heterocycles. The first-order valence-corrected chi connectivity index (χ1v) is 36.9. The summed E-state index contributed by atoms with van der Waals surface area (Å²) in [5, 5.41) is 40.8. The quantitative estimate of drug-likeness (QED) is 0.00397. The van der Waals surface area contributed by atoms with Gasteiger partial charge in [-0.15, -0.1) is 26.9 Å². The molecule has 6 aromatic rings. The van der Waals surface area contributed by atoms with E-state index in [1.807, 2.05) is 43.3 Å². The summed E-state index contributed by atoms with van der Waals surface area (Å²) in [6, 6.07) is 11.4. The van der Waals surface area contributed by atoms with Crippen molar-refractivity contribution in [3.63, 3.8) is 0 Å². The average Bonchev–Trinajstić information content (AvgIpc) is 1.58. The number of aliphatic imine (C=N–C) groups is 1. The van der Waals surface area contributed by atoms with Gasteiger partial charge in [0.15, 0.2) is 23.2 Å². The summed E-state index contributed by atoms with van der Waals surface area (Å²) in [4.78, 5) is 131. The molecule has 33 nitrogen and oxygen atoms in total. The van der Waals surface area contributed by atoms with Gasteiger partial charge in [-0.25, -0.2) is 18.4 Å². The number of anilines is 2. The van der Waals surface area contributed by atoms with E-state index in [9.17, 15) is 56.7 Å². The molecule has 0 fully saturated rings. The Labute approximate surface area is 592 Å². The predicted octanol–water partition coefficient (Wildman–Crippen LogP) is 3.46. The normalized spacial score (nSPS) is 13.9. The minimum Gasteiger partial charge on any atom is -0.493 e. The van der Waals surface area contributed by atoms with E-state index in [1.54, 1.807) is 54.3 Å². The molecule has 5 amide bonds. The van der Waals surface area contributed by atoms with Gasteiger partial charge in [0.25, 0.3) is 28.9 Å². The van der Waals surface area contributed by atoms with Crippen molar-refractivity contribution in [1.29, 1.82) is 0 Å². The number of fused-ring (bicyclic) bond motifs is 4. The number of aliphatic hydroxyl groups excluding tert-OH is 1. The summed E-state index contributed by atoms with van der Waals surface area (Å²) < 4.78 is 51.6. The van der Waals surface area contributed by atoms with Crippen molar-refractivity contribution in [3.8, 4) is 17.2 Å². The van der Waals surface area contributed by atoms with Gasteiger partial charge in [0.1, 0.15) is 37.6 Å². The van der Waals surface area contributed by atoms with Crippen molar-refractivity contribution < 1.29 is 80.4 Å². The highest BCUT2D eigenvalue weighted by atomic mass is 35.5. The lowest BCUT2D eigenvalue weighted by Crippen LogP contribution is -2.47. The number of rotatable bonds is 44. The number of aliphatic hydroxyl groups is 1. The van der Waals surface area contributed by atoms with Gasteiger partial charge < -0.3 is 75.9 Å². The van der Waals surface area contributed by atoms with Crippen LogP contribution in [-0.2, 0) is 66.0 Å². The number of benzene rings is 3. The second kappa shape index (κ2) is 38.7. The number of alkyl halides is 1. The Morgan fingerprint density at radius 2 is 1.62 bits per heavy atom. The molecule has 3 aromatic carbocycles. The molecule has 0 bridgehead atoms. The second-order valence-corrected chi connectivity index (χ2v) is 29.0. The molecule has 38 heteroatoms. The smallest absolute Gasteiger partial charge is 0.415 e. The van der Waals surface area contributed by atoms with Crippen molar-refractivity contribution in [2.24, 2.45) is 33.4 Å². The lowest BCUT2D eigenvalue weighted by atomic mass is 9.94. The van der Waals surface area contributed by atoms with Gasteiger partial charge in [-0.3, -0.25) is 48.0 Å². The minimum absolute atomic E-state index is 0.0145. The molecule has 4 heterocycles. The Kier molecular flexibility index (Phi) is 30.5. The number of sulfonamides is 1. The molecular formula is C62H81ClN16O17S4. The van der Waals surface area contributed by atoms with Crippen LogP contribution in [0.1, 0.15) is 85.3 Å². The van der Waals surface area contributed by atoms with Crippen LogP contribution in [0.25, 0.3) is 21.7 Å². The van der Waals surface area contributed by atoms with E-state index in [-0.39, 0.29) is 111 Å². The van der Waals surface area contributed by atoms with Crippen LogP contribution < -0.4 is 51.7 Å². The number of H-pyrrole nitrogens is 1. The van der Waals surface area contributed by atoms with Gasteiger partial charge in [-0.2, -0.15) is 0 Å². The van der Waals surface area contributed by atoms with Crippen LogP contribution in [0.3, 0.4) is 0 Å². The van der Waals surface area contributed by atoms with Gasteiger partial charge in [0.05, 0.1) is 47.4 Å². The third-order valence-corrected chi connectivity index (χ3v) is 20.5. The van der Waals surface area contributed by atoms with E-state index in [0.29, 0.717) is 107 Å². The highest BCUT2D eigenvalue weighted by molar-refractivity contribution is 8.76. The number of nitrogens with one attached hydrogen (secondary N) is 4. The standard InChI is InChI=1S/C62H81ClN16O17S4/c1-76(2)19-21-95-52-25-44-45(29-68-47(44)26-51(52)92-4)58(88)79-30-39(28-63)55-43-14-6-5-13-42(43)50(27-48(55)79)96-62(89)77(3)20-22-97-98-34-54(85)70-57(87)38(33-94-36-81)24-49(83)46(15-10-17-67-59(64)65)69-56(86)37(32-93-35-80)23-41(82)12-7-8-18-78-31-40(72-75-78)11-9-16-53(84)71-60-73-74-61(99-60)100(66,90)91/h5-6,13-14,25-27,29,31,35-39,46,54,68,85H,7-12,15-24,28,30,32-34H2,1-4H3,(H,69,86)(H,70,87)(H4,64,65,67)(H2,66,90,91)(H,71,73,84)/t37-,38-,39+,46-,54+/m0/s1. The lowest BCUT2D eigenvalue weighted by molar-refractivity contribution is -0.139. The van der Waals surface area contributed by atoms with Gasteiger partial charge in [0, 0.05) is 124 Å². The van der Waals surface area contributed by atoms with E-state index in [1.165, 1.54) is 26.5 Å². The molecular weight excluding hydrogens is 1400 g/mol. The van der Waals surface area contributed by atoms with Gasteiger partial charge in [-0.05, 0) is 69.6 Å². The van der Waals surface area contributed by atoms with Crippen LogP contribution in [0.5, 0.6) is 17.2 Å². The Bertz CT molecular complexity index is 3980. The van der Waals surface area contributed by atoms with Crippen LogP contribution in [0.15, 0.2) is 64.2 Å². The molecule has 7 rings (SSSR count). The van der Waals surface area contributed by atoms with Crippen LogP contribution >= 0.6 is 44.5 Å². The first-order valence-electron chi connectivity index (χ1n) is 31.5. The number of aromatic nitrogens is 6. The van der Waals surface area contributed by atoms with Crippen LogP contribution in [0.4, 0.5) is 15.6 Å². The Morgan fingerprint density at radius 3 is 2.31 bits per heavy atom. The fourth-order valence-corrected chi connectivity index (χ4v) is 14.2. The molecule has 0 saturated carbocycles. The number of aryl methyl sites for hydroxylation is 2. The first-order chi connectivity index (χ1) is 47.9. The van der Waals surface area contributed by atoms with Crippen LogP contribution in [0.2, 0.25) is 0 Å². The Hall–Kier alpha value is -8.72. The number of halogens is 1. The summed E-state index contributed by atoms with van der Waals surface area (Å²) in [5.74, 6) is -4.78. The Morgan fingerprint density at radius 1 is 0.890 bits per heavy atom. The summed E-state index contributed by atoms with van der Waals surface area (Å²) in [6.45, 7) is 1.02. The molecule has 0 aliphatic carbocycles. The number of hydrogen-bond donors (Lipinski definition) is 8. The number of carbonyl (C=O) groups is 9. The number of Topliss-reactive ketones (excluding diaryl/α,β-unsaturated/α-hetero) is 2. The number of likely N-dealkylation sites (N-methyl/N-ethyl adjacent to an activating group) is 1. The van der Waals surface area contributed by atoms with Gasteiger partial charge in [-0.1, -0.05) is 62.4 Å². The van der Waals surface area contributed by atoms with E-state index in [0.717, 1.165) is 10.9 Å². The van der Waals surface area contributed by atoms with E-state index in [4.69, 9.17) is 51.9 Å². The third kappa shape index (κ3) is 23.2. The zero-order chi connectivity index (χ0) is 72.5. The molecule has 5 atom stereocenters. The maximum Gasteiger partial charge on any atom is 0.415 e. The van der Waals surface area contributed by atoms with Crippen LogP contribution in [0, 0.1) is 11.8 Å². The fraction of sp³-hybridized carbons (Fsp3) is 0.484. The molecule has 11 N–H and O–H groups in total. The zero-order valence-corrected chi connectivity index (χ0v) is 59.4. The molecule has 1 aliphatic rings. The number of ether oxygens (including phenoxy) is 5. The Balaban J connectivity index is 0.879. The maximum atomic E-state index is 14.7. The van der Waals surface area contributed by atoms with Crippen molar-refractivity contribution in [1.82, 2.24) is 50.6 Å². The number of amides is 5. The number of carbonyl (C=O) groups excluding carboxylic acids is 9. The SMILES string of the molecule is COc1cc2[nH]cc(C(=O)N3C[C@@H](CCl)c4c3cc(OC(=O)N(C)CCSSC[C@@H](O)NC(=O)[C@H](COC=O)CC(=O)[C@H](CCCN=C(N)N)NC(=O)[C@H](COC=O)CC(=O)CCCCn3cc(CCCC(=O)Nc5nnc(S(N)(=O)=O)s5)nn3)c3ccccc43)c2cc1OCCN(C)C. The molecule has 0 unspecified atom stereocenters. The van der Waals surface area contributed by atoms with Crippen molar-refractivity contribution in [3.05, 3.63) is 71.7 Å². The molecule has 0 radical (unpaired) electrons. The number of guanidine groups is 1. The maximum absolute atomic E-state index is 14.7. The number of unbranched alkanes of at least 4 members (excludes halogenated alkanes) is 1. The average molecular weight is 1490 g/mol. The number of primary sulfonamides is 1. The molecule has 542 valence electrons. The summed E-state index contributed by atoms with van der Waals surface area (Å²) >= 11 is 7.23.